The van der Waals surface area contributed by atoms with Crippen LogP contribution in [0.15, 0.2) is 36.4 Å². The van der Waals surface area contributed by atoms with Crippen molar-refractivity contribution in [3.63, 3.8) is 0 Å². The Bertz CT molecular complexity index is 262. The van der Waals surface area contributed by atoms with Crippen LogP contribution < -0.4 is 0 Å². The molecule has 0 spiro atoms. The zero-order valence-corrected chi connectivity index (χ0v) is 7.99. The van der Waals surface area contributed by atoms with Crippen molar-refractivity contribution >= 4 is 5.57 Å². The monoisotopic (exact) mass is 175 g/mol. The smallest absolute Gasteiger partial charge is 0.0502 e. The topological polar surface area (TPSA) is 9.23 Å². The average Bonchev–Trinajstić information content (AvgIpc) is 2.21. The first kappa shape index (κ1) is 10.0. The number of rotatable bonds is 4. The van der Waals surface area contributed by atoms with E-state index in [1.807, 2.05) is 24.3 Å². The lowest BCUT2D eigenvalue weighted by atomic mass is 10.0. The van der Waals surface area contributed by atoms with Crippen LogP contribution in [-0.4, -0.2) is 13.7 Å². The Labute approximate surface area is 80.0 Å². The van der Waals surface area contributed by atoms with Crippen molar-refractivity contribution in [2.75, 3.05) is 13.7 Å². The van der Waals surface area contributed by atoms with Crippen LogP contribution >= 0.6 is 0 Å². The lowest BCUT2D eigenvalue weighted by molar-refractivity contribution is 0.206. The largest absolute Gasteiger partial charge is 0.384 e. The van der Waals surface area contributed by atoms with Crippen molar-refractivity contribution in [3.8, 4) is 0 Å². The minimum atomic E-state index is 0.746. The molecule has 0 aliphatic carbocycles. The van der Waals surface area contributed by atoms with Gasteiger partial charge in [-0.15, -0.1) is 0 Å². The van der Waals surface area contributed by atoms with Crippen molar-refractivity contribution in [1.82, 2.24) is 0 Å². The summed E-state index contributed by atoms with van der Waals surface area (Å²) in [5.74, 6) is 0. The van der Waals surface area contributed by atoms with E-state index in [0.29, 0.717) is 0 Å². The summed E-state index contributed by atoms with van der Waals surface area (Å²) in [7, 11) is 1.71. The molecule has 1 nitrogen and oxygen atoms in total. The molecule has 0 N–H and O–H groups in total. The maximum absolute atomic E-state index is 5.03. The van der Waals surface area contributed by atoms with Gasteiger partial charge in [0.15, 0.2) is 0 Å². The molecule has 13 heavy (non-hydrogen) atoms. The predicted molar refractivity (Wildman–Crippen MR) is 56.3 cm³/mol. The van der Waals surface area contributed by atoms with Crippen LogP contribution in [0.2, 0.25) is 0 Å². The first-order valence-electron chi connectivity index (χ1n) is 4.41. The third kappa shape index (κ3) is 3.03. The zero-order valence-electron chi connectivity index (χ0n) is 7.99. The van der Waals surface area contributed by atoms with Gasteiger partial charge in [0.1, 0.15) is 0 Å². The molecule has 0 unspecified atom stereocenters. The maximum atomic E-state index is 5.03. The molecule has 0 fully saturated rings. The SMILES string of the molecule is [CH2]C=C(CCOC)c1ccccc1. The van der Waals surface area contributed by atoms with Crippen LogP contribution in [0.1, 0.15) is 12.0 Å². The van der Waals surface area contributed by atoms with Gasteiger partial charge in [0.2, 0.25) is 0 Å². The molecule has 1 aromatic rings. The molecule has 69 valence electrons. The minimum Gasteiger partial charge on any atom is -0.384 e. The highest BCUT2D eigenvalue weighted by atomic mass is 16.5. The van der Waals surface area contributed by atoms with Gasteiger partial charge in [0.25, 0.3) is 0 Å². The van der Waals surface area contributed by atoms with E-state index >= 15 is 0 Å². The van der Waals surface area contributed by atoms with E-state index in [9.17, 15) is 0 Å². The molecule has 0 heterocycles. The molecule has 0 saturated carbocycles. The van der Waals surface area contributed by atoms with Crippen LogP contribution in [0.25, 0.3) is 5.57 Å². The Morgan fingerprint density at radius 1 is 1.38 bits per heavy atom. The van der Waals surface area contributed by atoms with Gasteiger partial charge in [-0.25, -0.2) is 0 Å². The van der Waals surface area contributed by atoms with Crippen LogP contribution in [0.5, 0.6) is 0 Å². The van der Waals surface area contributed by atoms with Crippen LogP contribution in [-0.2, 0) is 4.74 Å². The molecule has 1 rings (SSSR count). The number of ether oxygens (including phenoxy) is 1. The Morgan fingerprint density at radius 3 is 2.62 bits per heavy atom. The van der Waals surface area contributed by atoms with Crippen molar-refractivity contribution in [1.29, 1.82) is 0 Å². The third-order valence-electron chi connectivity index (χ3n) is 1.97. The standard InChI is InChI=1S/C12H15O/c1-3-11(9-10-13-2)12-7-5-4-6-8-12/h3-8H,1,9-10H2,2H3. The van der Waals surface area contributed by atoms with Crippen LogP contribution in [0.3, 0.4) is 0 Å². The molecule has 0 aliphatic rings. The molecular weight excluding hydrogens is 160 g/mol. The normalized spacial score (nSPS) is 11.7. The maximum Gasteiger partial charge on any atom is 0.0502 e. The molecule has 1 radical (unpaired) electrons. The third-order valence-corrected chi connectivity index (χ3v) is 1.97. The fourth-order valence-electron chi connectivity index (χ4n) is 1.23. The highest BCUT2D eigenvalue weighted by Gasteiger charge is 1.98. The van der Waals surface area contributed by atoms with Gasteiger partial charge in [-0.2, -0.15) is 0 Å². The Kier molecular flexibility index (Phi) is 4.27. The molecular formula is C12H15O. The average molecular weight is 175 g/mol. The van der Waals surface area contributed by atoms with Crippen LogP contribution in [0.4, 0.5) is 0 Å². The highest BCUT2D eigenvalue weighted by Crippen LogP contribution is 2.17. The van der Waals surface area contributed by atoms with Gasteiger partial charge in [0, 0.05) is 7.11 Å². The van der Waals surface area contributed by atoms with Gasteiger partial charge in [-0.3, -0.25) is 0 Å². The van der Waals surface area contributed by atoms with Gasteiger partial charge in [-0.05, 0) is 24.5 Å². The van der Waals surface area contributed by atoms with E-state index in [0.717, 1.165) is 13.0 Å². The quantitative estimate of drug-likeness (QED) is 0.683. The van der Waals surface area contributed by atoms with Gasteiger partial charge < -0.3 is 4.74 Å². The molecule has 0 aromatic heterocycles. The van der Waals surface area contributed by atoms with E-state index in [-0.39, 0.29) is 0 Å². The van der Waals surface area contributed by atoms with E-state index in [2.05, 4.69) is 19.1 Å². The second-order valence-corrected chi connectivity index (χ2v) is 2.84. The summed E-state index contributed by atoms with van der Waals surface area (Å²) >= 11 is 0. The number of hydrogen-bond donors (Lipinski definition) is 0. The highest BCUT2D eigenvalue weighted by molar-refractivity contribution is 5.65. The summed E-state index contributed by atoms with van der Waals surface area (Å²) in [6, 6.07) is 10.3. The van der Waals surface area contributed by atoms with Crippen molar-refractivity contribution in [2.45, 2.75) is 6.42 Å². The number of hydrogen-bond acceptors (Lipinski definition) is 1. The van der Waals surface area contributed by atoms with Gasteiger partial charge in [0.05, 0.1) is 6.61 Å². The Balaban J connectivity index is 2.69. The lowest BCUT2D eigenvalue weighted by Gasteiger charge is -2.05. The zero-order chi connectivity index (χ0) is 9.52. The summed E-state index contributed by atoms with van der Waals surface area (Å²) < 4.78 is 5.03. The van der Waals surface area contributed by atoms with E-state index in [1.165, 1.54) is 11.1 Å². The van der Waals surface area contributed by atoms with Crippen LogP contribution in [0, 0.1) is 6.92 Å². The Hall–Kier alpha value is -1.08. The summed E-state index contributed by atoms with van der Waals surface area (Å²) in [6.07, 6.45) is 2.82. The molecule has 0 amide bonds. The molecule has 1 aromatic carbocycles. The van der Waals surface area contributed by atoms with E-state index < -0.39 is 0 Å². The second-order valence-electron chi connectivity index (χ2n) is 2.84. The van der Waals surface area contributed by atoms with Crippen molar-refractivity contribution in [2.24, 2.45) is 0 Å². The fraction of sp³-hybridized carbons (Fsp3) is 0.250. The number of methoxy groups -OCH3 is 1. The van der Waals surface area contributed by atoms with E-state index in [4.69, 9.17) is 4.74 Å². The minimum absolute atomic E-state index is 0.746. The first-order valence-corrected chi connectivity index (χ1v) is 4.41. The Morgan fingerprint density at radius 2 is 2.08 bits per heavy atom. The molecule has 0 saturated heterocycles. The summed E-state index contributed by atoms with van der Waals surface area (Å²) in [4.78, 5) is 0. The summed E-state index contributed by atoms with van der Waals surface area (Å²) in [5, 5.41) is 0. The number of allylic oxidation sites excluding steroid dienone is 1. The molecule has 0 atom stereocenters. The molecule has 0 aliphatic heterocycles. The lowest BCUT2D eigenvalue weighted by Crippen LogP contribution is -1.91. The molecule has 1 heteroatoms. The molecule has 0 bridgehead atoms. The second kappa shape index (κ2) is 5.55. The predicted octanol–water partition coefficient (Wildman–Crippen LogP) is 2.94. The summed E-state index contributed by atoms with van der Waals surface area (Å²) in [6.45, 7) is 4.54. The van der Waals surface area contributed by atoms with Crippen molar-refractivity contribution < 1.29 is 4.74 Å². The first-order chi connectivity index (χ1) is 6.38. The number of benzene rings is 1. The van der Waals surface area contributed by atoms with E-state index in [1.54, 1.807) is 7.11 Å². The van der Waals surface area contributed by atoms with Gasteiger partial charge in [-0.1, -0.05) is 36.4 Å². The summed E-state index contributed by atoms with van der Waals surface area (Å²) in [5.41, 5.74) is 2.47. The van der Waals surface area contributed by atoms with Gasteiger partial charge >= 0.3 is 0 Å². The van der Waals surface area contributed by atoms with Crippen molar-refractivity contribution in [3.05, 3.63) is 48.9 Å². The fourth-order valence-corrected chi connectivity index (χ4v) is 1.23.